The predicted octanol–water partition coefficient (Wildman–Crippen LogP) is 0.630. The topological polar surface area (TPSA) is 114 Å². The Hall–Kier alpha value is -3.66. The number of nitrogens with one attached hydrogen (secondary N) is 1. The van der Waals surface area contributed by atoms with Gasteiger partial charge in [-0.25, -0.2) is 9.78 Å². The highest BCUT2D eigenvalue weighted by Crippen LogP contribution is 2.32. The van der Waals surface area contributed by atoms with E-state index < -0.39 is 11.2 Å². The van der Waals surface area contributed by atoms with Crippen molar-refractivity contribution in [3.8, 4) is 11.5 Å². The van der Waals surface area contributed by atoms with Crippen molar-refractivity contribution < 1.29 is 19.0 Å². The summed E-state index contributed by atoms with van der Waals surface area (Å²) in [4.78, 5) is 43.1. The van der Waals surface area contributed by atoms with Crippen molar-refractivity contribution in [2.24, 2.45) is 0 Å². The molecule has 1 fully saturated rings. The fourth-order valence-corrected chi connectivity index (χ4v) is 3.99. The van der Waals surface area contributed by atoms with Crippen molar-refractivity contribution in [3.05, 3.63) is 62.9 Å². The number of aromatic nitrogens is 3. The normalized spacial score (nSPS) is 17.1. The minimum absolute atomic E-state index is 0.00551. The Morgan fingerprint density at radius 2 is 2.03 bits per heavy atom. The van der Waals surface area contributed by atoms with Crippen molar-refractivity contribution in [2.45, 2.75) is 32.0 Å². The molecule has 3 aromatic rings. The number of hydrogen-bond acceptors (Lipinski definition) is 7. The van der Waals surface area contributed by atoms with E-state index in [4.69, 9.17) is 14.2 Å². The van der Waals surface area contributed by atoms with Crippen molar-refractivity contribution in [3.63, 3.8) is 0 Å². The molecule has 1 aromatic carbocycles. The molecule has 32 heavy (non-hydrogen) atoms. The van der Waals surface area contributed by atoms with Gasteiger partial charge in [-0.05, 0) is 42.7 Å². The minimum atomic E-state index is -0.583. The predicted molar refractivity (Wildman–Crippen MR) is 114 cm³/mol. The molecule has 1 unspecified atom stereocenters. The van der Waals surface area contributed by atoms with E-state index in [1.807, 2.05) is 0 Å². The lowest BCUT2D eigenvalue weighted by molar-refractivity contribution is -0.122. The Kier molecular flexibility index (Phi) is 5.36. The van der Waals surface area contributed by atoms with Crippen molar-refractivity contribution in [1.82, 2.24) is 19.4 Å². The van der Waals surface area contributed by atoms with Crippen LogP contribution in [0.25, 0.3) is 11.0 Å². The molecule has 1 amide bonds. The van der Waals surface area contributed by atoms with Gasteiger partial charge in [0.15, 0.2) is 17.0 Å². The van der Waals surface area contributed by atoms with Gasteiger partial charge in [0.1, 0.15) is 6.54 Å². The molecule has 0 aliphatic carbocycles. The van der Waals surface area contributed by atoms with Gasteiger partial charge in [-0.1, -0.05) is 6.07 Å². The van der Waals surface area contributed by atoms with Crippen LogP contribution in [0.1, 0.15) is 18.4 Å². The first-order valence-corrected chi connectivity index (χ1v) is 10.5. The molecule has 2 aromatic heterocycles. The first kappa shape index (κ1) is 20.3. The first-order chi connectivity index (χ1) is 15.6. The van der Waals surface area contributed by atoms with Crippen LogP contribution < -0.4 is 26.0 Å². The number of benzene rings is 1. The first-order valence-electron chi connectivity index (χ1n) is 10.5. The Morgan fingerprint density at radius 1 is 1.16 bits per heavy atom. The van der Waals surface area contributed by atoms with Crippen LogP contribution in [-0.4, -0.2) is 46.1 Å². The summed E-state index contributed by atoms with van der Waals surface area (Å²) in [7, 11) is 0. The van der Waals surface area contributed by atoms with Crippen molar-refractivity contribution in [2.75, 3.05) is 19.9 Å². The maximum atomic E-state index is 13.3. The molecule has 0 spiro atoms. The lowest BCUT2D eigenvalue weighted by Crippen LogP contribution is -2.43. The van der Waals surface area contributed by atoms with Gasteiger partial charge in [0.25, 0.3) is 5.56 Å². The summed E-state index contributed by atoms with van der Waals surface area (Å²) in [5.74, 6) is 0.839. The largest absolute Gasteiger partial charge is 0.454 e. The number of rotatable bonds is 6. The zero-order chi connectivity index (χ0) is 22.1. The van der Waals surface area contributed by atoms with E-state index in [-0.39, 0.29) is 37.4 Å². The fourth-order valence-electron chi connectivity index (χ4n) is 3.99. The molecular formula is C22H22N4O6. The number of ether oxygens (including phenoxy) is 3. The Morgan fingerprint density at radius 3 is 2.88 bits per heavy atom. The zero-order valence-electron chi connectivity index (χ0n) is 17.3. The number of nitrogens with zero attached hydrogens (tertiary/aromatic N) is 3. The summed E-state index contributed by atoms with van der Waals surface area (Å²) in [6.07, 6.45) is 3.35. The van der Waals surface area contributed by atoms with Gasteiger partial charge in [0, 0.05) is 19.3 Å². The van der Waals surface area contributed by atoms with Gasteiger partial charge in [-0.3, -0.25) is 18.7 Å². The highest BCUT2D eigenvalue weighted by atomic mass is 16.7. The number of pyridine rings is 1. The molecule has 10 heteroatoms. The summed E-state index contributed by atoms with van der Waals surface area (Å²) in [5, 5.41) is 2.82. The highest BCUT2D eigenvalue weighted by Gasteiger charge is 2.20. The maximum absolute atomic E-state index is 13.3. The number of fused-ring (bicyclic) bond motifs is 2. The van der Waals surface area contributed by atoms with Crippen LogP contribution >= 0.6 is 0 Å². The van der Waals surface area contributed by atoms with Crippen LogP contribution in [0.2, 0.25) is 0 Å². The lowest BCUT2D eigenvalue weighted by Gasteiger charge is -2.15. The minimum Gasteiger partial charge on any atom is -0.454 e. The van der Waals surface area contributed by atoms with Crippen LogP contribution in [0, 0.1) is 0 Å². The van der Waals surface area contributed by atoms with Gasteiger partial charge < -0.3 is 19.5 Å². The summed E-state index contributed by atoms with van der Waals surface area (Å²) in [5.41, 5.74) is 0.0364. The van der Waals surface area contributed by atoms with Crippen LogP contribution in [0.15, 0.2) is 46.1 Å². The molecule has 0 saturated carbocycles. The van der Waals surface area contributed by atoms with Crippen molar-refractivity contribution in [1.29, 1.82) is 0 Å². The molecule has 166 valence electrons. The van der Waals surface area contributed by atoms with E-state index in [1.54, 1.807) is 30.3 Å². The van der Waals surface area contributed by atoms with Crippen LogP contribution in [0.4, 0.5) is 0 Å². The number of hydrogen-bond donors (Lipinski definition) is 1. The molecule has 0 bridgehead atoms. The standard InChI is InChI=1S/C22H22N4O6/c27-19(24-10-15-3-2-8-30-15)12-25-16-4-1-7-23-20(16)21(28)26(22(25)29)11-14-5-6-17-18(9-14)32-13-31-17/h1,4-7,9,15H,2-3,8,10-13H2,(H,24,27). The van der Waals surface area contributed by atoms with E-state index in [0.29, 0.717) is 35.7 Å². The Labute approximate surface area is 182 Å². The van der Waals surface area contributed by atoms with E-state index in [9.17, 15) is 14.4 Å². The Balaban J connectivity index is 1.47. The van der Waals surface area contributed by atoms with E-state index >= 15 is 0 Å². The Bertz CT molecular complexity index is 1290. The molecule has 4 heterocycles. The second-order valence-electron chi connectivity index (χ2n) is 7.76. The van der Waals surface area contributed by atoms with E-state index in [2.05, 4.69) is 10.3 Å². The molecule has 2 aliphatic rings. The fraction of sp³-hybridized carbons (Fsp3) is 0.364. The molecule has 5 rings (SSSR count). The summed E-state index contributed by atoms with van der Waals surface area (Å²) < 4.78 is 18.6. The maximum Gasteiger partial charge on any atom is 0.332 e. The quantitative estimate of drug-likeness (QED) is 0.601. The third-order valence-electron chi connectivity index (χ3n) is 5.62. The second-order valence-corrected chi connectivity index (χ2v) is 7.76. The lowest BCUT2D eigenvalue weighted by atomic mass is 10.2. The molecule has 10 nitrogen and oxygen atoms in total. The van der Waals surface area contributed by atoms with Gasteiger partial charge in [-0.15, -0.1) is 0 Å². The molecule has 0 radical (unpaired) electrons. The summed E-state index contributed by atoms with van der Waals surface area (Å²) in [6, 6.07) is 8.47. The highest BCUT2D eigenvalue weighted by molar-refractivity contribution is 5.79. The number of carbonyl (C=O) groups excluding carboxylic acids is 1. The van der Waals surface area contributed by atoms with Crippen LogP contribution in [-0.2, 0) is 22.6 Å². The molecule has 2 aliphatic heterocycles. The molecule has 1 saturated heterocycles. The SMILES string of the molecule is O=C(Cn1c(=O)n(Cc2ccc3c(c2)OCO3)c(=O)c2ncccc21)NCC1CCCO1. The average molecular weight is 438 g/mol. The number of amides is 1. The van der Waals surface area contributed by atoms with Crippen LogP contribution in [0.5, 0.6) is 11.5 Å². The summed E-state index contributed by atoms with van der Waals surface area (Å²) >= 11 is 0. The molecular weight excluding hydrogens is 416 g/mol. The average Bonchev–Trinajstić information content (AvgIpc) is 3.50. The summed E-state index contributed by atoms with van der Waals surface area (Å²) in [6.45, 7) is 1.00. The van der Waals surface area contributed by atoms with Gasteiger partial charge in [0.2, 0.25) is 12.7 Å². The van der Waals surface area contributed by atoms with Gasteiger partial charge in [-0.2, -0.15) is 0 Å². The monoisotopic (exact) mass is 438 g/mol. The van der Waals surface area contributed by atoms with Crippen molar-refractivity contribution >= 4 is 16.9 Å². The van der Waals surface area contributed by atoms with E-state index in [0.717, 1.165) is 17.4 Å². The van der Waals surface area contributed by atoms with Gasteiger partial charge in [0.05, 0.1) is 18.2 Å². The third-order valence-corrected chi connectivity index (χ3v) is 5.62. The zero-order valence-corrected chi connectivity index (χ0v) is 17.3. The third kappa shape index (κ3) is 3.84. The van der Waals surface area contributed by atoms with Crippen LogP contribution in [0.3, 0.4) is 0 Å². The van der Waals surface area contributed by atoms with Gasteiger partial charge >= 0.3 is 5.69 Å². The second kappa shape index (κ2) is 8.46. The molecule has 1 N–H and O–H groups in total. The van der Waals surface area contributed by atoms with E-state index in [1.165, 1.54) is 10.8 Å². The smallest absolute Gasteiger partial charge is 0.332 e. The molecule has 1 atom stereocenters. The number of carbonyl (C=O) groups is 1.